The van der Waals surface area contributed by atoms with Crippen molar-refractivity contribution in [2.24, 2.45) is 0 Å². The Labute approximate surface area is 227 Å². The zero-order valence-corrected chi connectivity index (χ0v) is 22.0. The number of carbonyl (C=O) groups is 1. The second-order valence-corrected chi connectivity index (χ2v) is 10.7. The molecule has 3 aromatic rings. The average molecular weight is 580 g/mol. The van der Waals surface area contributed by atoms with E-state index < -0.39 is 56.4 Å². The van der Waals surface area contributed by atoms with E-state index in [-0.39, 0.29) is 18.2 Å². The van der Waals surface area contributed by atoms with Crippen LogP contribution in [0.15, 0.2) is 77.7 Å². The summed E-state index contributed by atoms with van der Waals surface area (Å²) >= 11 is 0. The summed E-state index contributed by atoms with van der Waals surface area (Å²) in [6.07, 6.45) is -5.79. The van der Waals surface area contributed by atoms with E-state index >= 15 is 8.78 Å². The minimum Gasteiger partial charge on any atom is -0.460 e. The molecule has 0 aliphatic carbocycles. The SMILES string of the molecule is C[C@@H](C(=O)OCc1ccccc1)N(C[C@H]1O[C@@H](n2ccc(N)nc2=O)C(F)(F)[C@@H]1O)P(=O)(O)Oc1ccccc1. The molecule has 1 aliphatic rings. The molecular formula is C25H27F2N4O8P. The van der Waals surface area contributed by atoms with Gasteiger partial charge < -0.3 is 29.7 Å². The second kappa shape index (κ2) is 11.8. The number of carbonyl (C=O) groups excluding carboxylic acids is 1. The molecule has 1 aromatic heterocycles. The van der Waals surface area contributed by atoms with Gasteiger partial charge in [-0.05, 0) is 30.7 Å². The number of esters is 1. The zero-order chi connectivity index (χ0) is 29.1. The Bertz CT molecular complexity index is 1430. The number of halogens is 2. The van der Waals surface area contributed by atoms with E-state index in [1.807, 2.05) is 0 Å². The largest absolute Gasteiger partial charge is 0.460 e. The number of ether oxygens (including phenoxy) is 2. The van der Waals surface area contributed by atoms with Gasteiger partial charge in [0.25, 0.3) is 0 Å². The number of nitrogen functional groups attached to an aromatic ring is 1. The zero-order valence-electron chi connectivity index (χ0n) is 21.1. The van der Waals surface area contributed by atoms with Gasteiger partial charge in [0.05, 0.1) is 0 Å². The molecule has 0 saturated carbocycles. The summed E-state index contributed by atoms with van der Waals surface area (Å²) in [5.41, 5.74) is 4.90. The van der Waals surface area contributed by atoms with Crippen LogP contribution < -0.4 is 15.9 Å². The molecule has 2 heterocycles. The summed E-state index contributed by atoms with van der Waals surface area (Å²) in [5.74, 6) is -5.26. The number of hydrogen-bond acceptors (Lipinski definition) is 9. The van der Waals surface area contributed by atoms with Gasteiger partial charge in [-0.15, -0.1) is 0 Å². The molecule has 0 spiro atoms. The molecular weight excluding hydrogens is 553 g/mol. The number of nitrogens with two attached hydrogens (primary N) is 1. The average Bonchev–Trinajstić information content (AvgIpc) is 3.14. The third-order valence-corrected chi connectivity index (χ3v) is 7.76. The molecule has 1 fully saturated rings. The third kappa shape index (κ3) is 6.37. The summed E-state index contributed by atoms with van der Waals surface area (Å²) < 4.78 is 60.6. The molecule has 0 bridgehead atoms. The predicted molar refractivity (Wildman–Crippen MR) is 137 cm³/mol. The van der Waals surface area contributed by atoms with Crippen LogP contribution >= 0.6 is 7.75 Å². The quantitative estimate of drug-likeness (QED) is 0.238. The molecule has 4 rings (SSSR count). The lowest BCUT2D eigenvalue weighted by atomic mass is 10.1. The first-order valence-corrected chi connectivity index (χ1v) is 13.5. The van der Waals surface area contributed by atoms with E-state index in [2.05, 4.69) is 4.98 Å². The summed E-state index contributed by atoms with van der Waals surface area (Å²) in [6, 6.07) is 15.6. The Hall–Kier alpha value is -3.68. The first-order valence-electron chi connectivity index (χ1n) is 12.0. The number of hydrogen-bond donors (Lipinski definition) is 3. The summed E-state index contributed by atoms with van der Waals surface area (Å²) in [6.45, 7) is 0.172. The van der Waals surface area contributed by atoms with E-state index in [0.717, 1.165) is 12.3 Å². The highest BCUT2D eigenvalue weighted by Crippen LogP contribution is 2.50. The highest BCUT2D eigenvalue weighted by Gasteiger charge is 2.61. The fourth-order valence-corrected chi connectivity index (χ4v) is 5.43. The number of alkyl halides is 2. The Balaban J connectivity index is 1.60. The van der Waals surface area contributed by atoms with E-state index in [1.54, 1.807) is 36.4 Å². The fraction of sp³-hybridized carbons (Fsp3) is 0.320. The fourth-order valence-electron chi connectivity index (χ4n) is 4.03. The molecule has 15 heteroatoms. The lowest BCUT2D eigenvalue weighted by molar-refractivity contribution is -0.150. The van der Waals surface area contributed by atoms with Gasteiger partial charge in [-0.3, -0.25) is 9.36 Å². The summed E-state index contributed by atoms with van der Waals surface area (Å²) in [7, 11) is -4.96. The number of aromatic nitrogens is 2. The number of aliphatic hydroxyl groups excluding tert-OH is 1. The van der Waals surface area contributed by atoms with Crippen molar-refractivity contribution in [1.29, 1.82) is 0 Å². The van der Waals surface area contributed by atoms with Crippen molar-refractivity contribution in [3.05, 3.63) is 89.0 Å². The number of rotatable bonds is 10. The second-order valence-electron chi connectivity index (χ2n) is 8.97. The Morgan fingerprint density at radius 1 is 1.20 bits per heavy atom. The van der Waals surface area contributed by atoms with Crippen LogP contribution in [-0.2, 0) is 25.4 Å². The Morgan fingerprint density at radius 3 is 2.45 bits per heavy atom. The van der Waals surface area contributed by atoms with Crippen LogP contribution in [0.2, 0.25) is 0 Å². The molecule has 1 unspecified atom stereocenters. The van der Waals surface area contributed by atoms with E-state index in [9.17, 15) is 24.2 Å². The number of nitrogens with zero attached hydrogens (tertiary/aromatic N) is 3. The van der Waals surface area contributed by atoms with Crippen LogP contribution in [0.3, 0.4) is 0 Å². The Morgan fingerprint density at radius 2 is 1.82 bits per heavy atom. The van der Waals surface area contributed by atoms with Crippen LogP contribution in [0.4, 0.5) is 14.6 Å². The lowest BCUT2D eigenvalue weighted by Crippen LogP contribution is -2.47. The van der Waals surface area contributed by atoms with Crippen molar-refractivity contribution in [3.63, 3.8) is 0 Å². The maximum absolute atomic E-state index is 15.1. The Kier molecular flexibility index (Phi) is 8.66. The van der Waals surface area contributed by atoms with Crippen LogP contribution in [0.5, 0.6) is 5.75 Å². The van der Waals surface area contributed by atoms with Gasteiger partial charge in [-0.25, -0.2) is 9.36 Å². The van der Waals surface area contributed by atoms with Gasteiger partial charge in [-0.2, -0.15) is 18.4 Å². The maximum atomic E-state index is 15.1. The molecule has 5 atom stereocenters. The van der Waals surface area contributed by atoms with E-state index in [4.69, 9.17) is 19.7 Å². The van der Waals surface area contributed by atoms with Gasteiger partial charge in [0.1, 0.15) is 36.4 Å². The molecule has 0 amide bonds. The van der Waals surface area contributed by atoms with Crippen molar-refractivity contribution in [2.45, 2.75) is 43.9 Å². The molecule has 0 radical (unpaired) electrons. The van der Waals surface area contributed by atoms with Crippen LogP contribution in [0.25, 0.3) is 0 Å². The monoisotopic (exact) mass is 580 g/mol. The molecule has 214 valence electrons. The van der Waals surface area contributed by atoms with Crippen molar-refractivity contribution in [1.82, 2.24) is 14.2 Å². The topological polar surface area (TPSA) is 166 Å². The number of para-hydroxylation sites is 1. The molecule has 1 saturated heterocycles. The number of anilines is 1. The minimum atomic E-state index is -4.96. The van der Waals surface area contributed by atoms with Gasteiger partial charge in [0, 0.05) is 12.7 Å². The van der Waals surface area contributed by atoms with Crippen molar-refractivity contribution in [3.8, 4) is 5.75 Å². The smallest absolute Gasteiger partial charge is 0.459 e. The lowest BCUT2D eigenvalue weighted by Gasteiger charge is -2.32. The van der Waals surface area contributed by atoms with Crippen molar-refractivity contribution >= 4 is 19.5 Å². The summed E-state index contributed by atoms with van der Waals surface area (Å²) in [4.78, 5) is 39.4. The molecule has 2 aromatic carbocycles. The van der Waals surface area contributed by atoms with E-state index in [1.165, 1.54) is 31.2 Å². The van der Waals surface area contributed by atoms with Crippen LogP contribution in [0, 0.1) is 0 Å². The standard InChI is InChI=1S/C25H27F2N4O8P/c1-16(22(33)37-15-17-8-4-2-5-9-17)31(40(35,36)39-18-10-6-3-7-11-18)14-19-21(32)25(26,27)23(38-19)30-13-12-20(28)29-24(30)34/h2-13,16,19,21,23,32H,14-15H2,1H3,(H,35,36)(H2,28,29,34)/t16-,19+,21+,23+/m0/s1. The van der Waals surface area contributed by atoms with Gasteiger partial charge in [0.2, 0.25) is 6.23 Å². The van der Waals surface area contributed by atoms with Gasteiger partial charge in [-0.1, -0.05) is 48.5 Å². The highest BCUT2D eigenvalue weighted by atomic mass is 31.2. The summed E-state index contributed by atoms with van der Waals surface area (Å²) in [5, 5.41) is 10.5. The maximum Gasteiger partial charge on any atom is 0.459 e. The van der Waals surface area contributed by atoms with Crippen LogP contribution in [-0.4, -0.2) is 60.9 Å². The minimum absolute atomic E-state index is 0.0428. The molecule has 40 heavy (non-hydrogen) atoms. The molecule has 1 aliphatic heterocycles. The predicted octanol–water partition coefficient (Wildman–Crippen LogP) is 2.33. The first kappa shape index (κ1) is 29.3. The number of aliphatic hydroxyl groups is 1. The molecule has 4 N–H and O–H groups in total. The first-order chi connectivity index (χ1) is 18.9. The van der Waals surface area contributed by atoms with Gasteiger partial charge >= 0.3 is 25.3 Å². The highest BCUT2D eigenvalue weighted by molar-refractivity contribution is 7.50. The molecule has 12 nitrogen and oxygen atoms in total. The van der Waals surface area contributed by atoms with Crippen molar-refractivity contribution in [2.75, 3.05) is 12.3 Å². The number of benzene rings is 2. The van der Waals surface area contributed by atoms with Crippen molar-refractivity contribution < 1.29 is 42.1 Å². The van der Waals surface area contributed by atoms with Crippen LogP contribution in [0.1, 0.15) is 18.7 Å². The van der Waals surface area contributed by atoms with Gasteiger partial charge in [0.15, 0.2) is 0 Å². The normalized spacial score (nSPS) is 22.4. The third-order valence-electron chi connectivity index (χ3n) is 6.15. The van der Waals surface area contributed by atoms with E-state index in [0.29, 0.717) is 14.8 Å².